The van der Waals surface area contributed by atoms with Crippen LogP contribution in [0, 0.1) is 17.3 Å². The molecule has 0 bridgehead atoms. The first-order chi connectivity index (χ1) is 8.71. The fraction of sp³-hybridized carbons (Fsp3) is 0.667. The molecule has 0 aromatic carbocycles. The Kier molecular flexibility index (Phi) is 2.64. The van der Waals surface area contributed by atoms with Gasteiger partial charge in [-0.15, -0.1) is 0 Å². The number of nitrogens with zero attached hydrogens (tertiary/aromatic N) is 3. The van der Waals surface area contributed by atoms with Crippen molar-refractivity contribution in [3.8, 4) is 0 Å². The molecule has 0 radical (unpaired) electrons. The highest BCUT2D eigenvalue weighted by Gasteiger charge is 2.67. The van der Waals surface area contributed by atoms with Gasteiger partial charge in [-0.05, 0) is 17.9 Å². The lowest BCUT2D eigenvalue weighted by Gasteiger charge is -2.24. The molecule has 98 valence electrons. The number of aliphatic hydroxyl groups excluding tert-OH is 2. The molecule has 2 unspecified atom stereocenters. The lowest BCUT2D eigenvalue weighted by molar-refractivity contribution is -0.132. The van der Waals surface area contributed by atoms with E-state index in [9.17, 15) is 15.0 Å². The summed E-state index contributed by atoms with van der Waals surface area (Å²) in [6, 6.07) is 1.79. The van der Waals surface area contributed by atoms with E-state index in [0.29, 0.717) is 13.1 Å². The van der Waals surface area contributed by atoms with Gasteiger partial charge in [-0.25, -0.2) is 0 Å². The highest BCUT2D eigenvalue weighted by atomic mass is 16.3. The van der Waals surface area contributed by atoms with Gasteiger partial charge in [0, 0.05) is 30.9 Å². The number of carbonyl (C=O) groups excluding carboxylic acids is 1. The maximum Gasteiger partial charge on any atom is 0.244 e. The molecule has 2 aliphatic rings. The van der Waals surface area contributed by atoms with Crippen molar-refractivity contribution < 1.29 is 15.0 Å². The van der Waals surface area contributed by atoms with Crippen LogP contribution in [0.3, 0.4) is 0 Å². The van der Waals surface area contributed by atoms with Crippen molar-refractivity contribution in [2.45, 2.75) is 6.54 Å². The van der Waals surface area contributed by atoms with Gasteiger partial charge in [0.1, 0.15) is 6.54 Å². The molecular weight excluding hydrogens is 234 g/mol. The van der Waals surface area contributed by atoms with Crippen LogP contribution in [0.25, 0.3) is 0 Å². The topological polar surface area (TPSA) is 78.6 Å². The normalized spacial score (nSPS) is 28.2. The van der Waals surface area contributed by atoms with Crippen LogP contribution in [-0.4, -0.2) is 57.1 Å². The fourth-order valence-electron chi connectivity index (χ4n) is 3.19. The van der Waals surface area contributed by atoms with Gasteiger partial charge in [-0.3, -0.25) is 9.48 Å². The summed E-state index contributed by atoms with van der Waals surface area (Å²) in [5.41, 5.74) is -0.331. The maximum atomic E-state index is 12.0. The molecule has 0 spiro atoms. The van der Waals surface area contributed by atoms with Crippen molar-refractivity contribution in [3.63, 3.8) is 0 Å². The molecule has 1 aliphatic carbocycles. The number of hydrogen-bond acceptors (Lipinski definition) is 4. The van der Waals surface area contributed by atoms with Crippen LogP contribution in [0.15, 0.2) is 18.5 Å². The van der Waals surface area contributed by atoms with Crippen molar-refractivity contribution in [1.82, 2.24) is 14.7 Å². The molecular formula is C12H17N3O3. The standard InChI is InChI=1S/C12H17N3O3/c16-7-12(8-17)9-4-14(5-10(9)12)11(18)6-15-3-1-2-13-15/h1-3,9-10,16-17H,4-8H2. The number of aliphatic hydroxyl groups is 2. The first-order valence-electron chi connectivity index (χ1n) is 6.18. The highest BCUT2D eigenvalue weighted by Crippen LogP contribution is 2.61. The van der Waals surface area contributed by atoms with Crippen LogP contribution in [0.4, 0.5) is 0 Å². The van der Waals surface area contributed by atoms with Crippen molar-refractivity contribution >= 4 is 5.91 Å². The molecule has 2 heterocycles. The van der Waals surface area contributed by atoms with Crippen LogP contribution in [-0.2, 0) is 11.3 Å². The first-order valence-corrected chi connectivity index (χ1v) is 6.18. The highest BCUT2D eigenvalue weighted by molar-refractivity contribution is 5.76. The molecule has 6 heteroatoms. The third-order valence-corrected chi connectivity index (χ3v) is 4.49. The average Bonchev–Trinajstić information content (AvgIpc) is 2.85. The van der Waals surface area contributed by atoms with Gasteiger partial charge in [0.25, 0.3) is 0 Å². The summed E-state index contributed by atoms with van der Waals surface area (Å²) in [7, 11) is 0. The Morgan fingerprint density at radius 1 is 1.33 bits per heavy atom. The summed E-state index contributed by atoms with van der Waals surface area (Å²) < 4.78 is 1.61. The van der Waals surface area contributed by atoms with Crippen LogP contribution >= 0.6 is 0 Å². The van der Waals surface area contributed by atoms with E-state index in [-0.39, 0.29) is 42.9 Å². The van der Waals surface area contributed by atoms with Crippen LogP contribution < -0.4 is 0 Å². The predicted molar refractivity (Wildman–Crippen MR) is 62.4 cm³/mol. The van der Waals surface area contributed by atoms with Gasteiger partial charge in [0.05, 0.1) is 13.2 Å². The summed E-state index contributed by atoms with van der Waals surface area (Å²) in [4.78, 5) is 13.8. The van der Waals surface area contributed by atoms with E-state index in [1.807, 2.05) is 0 Å². The zero-order valence-corrected chi connectivity index (χ0v) is 10.1. The van der Waals surface area contributed by atoms with Crippen molar-refractivity contribution in [2.24, 2.45) is 17.3 Å². The molecule has 2 N–H and O–H groups in total. The van der Waals surface area contributed by atoms with Crippen LogP contribution in [0.5, 0.6) is 0 Å². The van der Waals surface area contributed by atoms with Gasteiger partial charge in [-0.1, -0.05) is 0 Å². The van der Waals surface area contributed by atoms with E-state index in [1.54, 1.807) is 28.0 Å². The summed E-state index contributed by atoms with van der Waals surface area (Å²) in [6.45, 7) is 1.58. The molecule has 1 saturated carbocycles. The average molecular weight is 251 g/mol. The number of hydrogen-bond donors (Lipinski definition) is 2. The largest absolute Gasteiger partial charge is 0.396 e. The minimum atomic E-state index is -0.331. The van der Waals surface area contributed by atoms with Crippen LogP contribution in [0.1, 0.15) is 0 Å². The lowest BCUT2D eigenvalue weighted by atomic mass is 10.0. The Bertz CT molecular complexity index is 427. The molecule has 1 aromatic rings. The van der Waals surface area contributed by atoms with Gasteiger partial charge < -0.3 is 15.1 Å². The van der Waals surface area contributed by atoms with Crippen molar-refractivity contribution in [2.75, 3.05) is 26.3 Å². The molecule has 3 rings (SSSR count). The van der Waals surface area contributed by atoms with E-state index in [1.165, 1.54) is 0 Å². The lowest BCUT2D eigenvalue weighted by Crippen LogP contribution is -2.38. The minimum absolute atomic E-state index is 0.0139. The molecule has 1 aromatic heterocycles. The molecule has 6 nitrogen and oxygen atoms in total. The first kappa shape index (κ1) is 11.7. The zero-order valence-electron chi connectivity index (χ0n) is 10.1. The van der Waals surface area contributed by atoms with Gasteiger partial charge in [0.2, 0.25) is 5.91 Å². The second kappa shape index (κ2) is 4.07. The fourth-order valence-corrected chi connectivity index (χ4v) is 3.19. The molecule has 1 amide bonds. The smallest absolute Gasteiger partial charge is 0.244 e. The Morgan fingerprint density at radius 2 is 2.00 bits per heavy atom. The number of amides is 1. The Balaban J connectivity index is 1.58. The molecule has 1 saturated heterocycles. The number of aromatic nitrogens is 2. The number of likely N-dealkylation sites (tertiary alicyclic amines) is 1. The molecule has 18 heavy (non-hydrogen) atoms. The third-order valence-electron chi connectivity index (χ3n) is 4.49. The van der Waals surface area contributed by atoms with E-state index in [4.69, 9.17) is 0 Å². The molecule has 2 fully saturated rings. The summed E-state index contributed by atoms with van der Waals surface area (Å²) in [6.07, 6.45) is 3.41. The minimum Gasteiger partial charge on any atom is -0.396 e. The van der Waals surface area contributed by atoms with E-state index >= 15 is 0 Å². The maximum absolute atomic E-state index is 12.0. The predicted octanol–water partition coefficient (Wildman–Crippen LogP) is -1.06. The summed E-state index contributed by atoms with van der Waals surface area (Å²) >= 11 is 0. The monoisotopic (exact) mass is 251 g/mol. The van der Waals surface area contributed by atoms with Gasteiger partial charge >= 0.3 is 0 Å². The second-order valence-corrected chi connectivity index (χ2v) is 5.26. The Hall–Kier alpha value is -1.40. The number of piperidine rings is 1. The molecule has 2 atom stereocenters. The quantitative estimate of drug-likeness (QED) is 0.715. The van der Waals surface area contributed by atoms with E-state index in [0.717, 1.165) is 0 Å². The van der Waals surface area contributed by atoms with Gasteiger partial charge in [0.15, 0.2) is 0 Å². The SMILES string of the molecule is O=C(Cn1cccn1)N1CC2C(C1)C2(CO)CO. The van der Waals surface area contributed by atoms with Gasteiger partial charge in [-0.2, -0.15) is 5.10 Å². The number of carbonyl (C=O) groups is 1. The third kappa shape index (κ3) is 1.56. The second-order valence-electron chi connectivity index (χ2n) is 5.26. The molecule has 1 aliphatic heterocycles. The summed E-state index contributed by atoms with van der Waals surface area (Å²) in [5.74, 6) is 0.568. The van der Waals surface area contributed by atoms with E-state index in [2.05, 4.69) is 5.10 Å². The van der Waals surface area contributed by atoms with Crippen LogP contribution in [0.2, 0.25) is 0 Å². The number of fused-ring (bicyclic) bond motifs is 1. The Morgan fingerprint density at radius 3 is 2.50 bits per heavy atom. The van der Waals surface area contributed by atoms with E-state index < -0.39 is 0 Å². The van der Waals surface area contributed by atoms with Crippen molar-refractivity contribution in [1.29, 1.82) is 0 Å². The zero-order chi connectivity index (χ0) is 12.8. The summed E-state index contributed by atoms with van der Waals surface area (Å²) in [5, 5.41) is 22.6. The Labute approximate surface area is 105 Å². The van der Waals surface area contributed by atoms with Crippen molar-refractivity contribution in [3.05, 3.63) is 18.5 Å². The number of rotatable bonds is 4.